The van der Waals surface area contributed by atoms with E-state index in [4.69, 9.17) is 0 Å². The van der Waals surface area contributed by atoms with Gasteiger partial charge in [0.05, 0.1) is 5.69 Å². The predicted molar refractivity (Wildman–Crippen MR) is 175 cm³/mol. The Balaban J connectivity index is 1.34. The van der Waals surface area contributed by atoms with Crippen molar-refractivity contribution < 1.29 is 0 Å². The molecule has 1 aliphatic carbocycles. The van der Waals surface area contributed by atoms with E-state index in [-0.39, 0.29) is 0 Å². The largest absolute Gasteiger partial charge is 0.310 e. The summed E-state index contributed by atoms with van der Waals surface area (Å²) in [5, 5.41) is 2.51. The zero-order valence-electron chi connectivity index (χ0n) is 23.2. The molecule has 1 nitrogen and oxygen atoms in total. The maximum atomic E-state index is 2.43. The summed E-state index contributed by atoms with van der Waals surface area (Å²) < 4.78 is 0. The fraction of sp³-hybridized carbons (Fsp3) is 0.100. The highest BCUT2D eigenvalue weighted by molar-refractivity contribution is 5.99. The molecule has 198 valence electrons. The van der Waals surface area contributed by atoms with Gasteiger partial charge >= 0.3 is 0 Å². The van der Waals surface area contributed by atoms with E-state index < -0.39 is 0 Å². The molecular formula is C40H33N. The quantitative estimate of drug-likeness (QED) is 0.195. The van der Waals surface area contributed by atoms with Crippen LogP contribution in [0.1, 0.15) is 40.7 Å². The van der Waals surface area contributed by atoms with Crippen LogP contribution in [0.15, 0.2) is 146 Å². The third kappa shape index (κ3) is 5.19. The summed E-state index contributed by atoms with van der Waals surface area (Å²) in [5.74, 6) is 0. The van der Waals surface area contributed by atoms with Gasteiger partial charge in [-0.15, -0.1) is 0 Å². The van der Waals surface area contributed by atoms with E-state index in [1.165, 1.54) is 74.8 Å². The molecule has 0 saturated carbocycles. The van der Waals surface area contributed by atoms with Crippen LogP contribution in [0.2, 0.25) is 0 Å². The van der Waals surface area contributed by atoms with Gasteiger partial charge in [0.2, 0.25) is 0 Å². The fourth-order valence-electron chi connectivity index (χ4n) is 6.14. The summed E-state index contributed by atoms with van der Waals surface area (Å²) in [7, 11) is 0. The van der Waals surface area contributed by atoms with Crippen molar-refractivity contribution in [3.8, 4) is 0 Å². The van der Waals surface area contributed by atoms with Crippen molar-refractivity contribution in [3.63, 3.8) is 0 Å². The molecule has 6 aromatic rings. The Morgan fingerprint density at radius 3 is 1.85 bits per heavy atom. The topological polar surface area (TPSA) is 3.24 Å². The molecule has 0 fully saturated rings. The molecule has 0 saturated heterocycles. The van der Waals surface area contributed by atoms with Crippen LogP contribution >= 0.6 is 0 Å². The first-order chi connectivity index (χ1) is 20.3. The SMILES string of the molecule is C(=C(c1ccccc1)c1ccccc1)c1ccc(N(c2ccc3c(c2)CCCC3)c2cccc3ccccc23)cc1. The molecule has 0 amide bonds. The van der Waals surface area contributed by atoms with Crippen LogP contribution in [0, 0.1) is 0 Å². The maximum absolute atomic E-state index is 2.43. The van der Waals surface area contributed by atoms with Gasteiger partial charge in [0, 0.05) is 16.8 Å². The van der Waals surface area contributed by atoms with Crippen molar-refractivity contribution in [2.75, 3.05) is 4.90 Å². The molecule has 0 heterocycles. The summed E-state index contributed by atoms with van der Waals surface area (Å²) in [4.78, 5) is 2.43. The van der Waals surface area contributed by atoms with Crippen LogP contribution in [-0.2, 0) is 12.8 Å². The van der Waals surface area contributed by atoms with Crippen LogP contribution in [0.25, 0.3) is 22.4 Å². The molecule has 0 aliphatic heterocycles. The average Bonchev–Trinajstić information content (AvgIpc) is 3.05. The lowest BCUT2D eigenvalue weighted by Crippen LogP contribution is -2.12. The Bertz CT molecular complexity index is 1770. The molecule has 0 bridgehead atoms. The summed E-state index contributed by atoms with van der Waals surface area (Å²) in [6.45, 7) is 0. The van der Waals surface area contributed by atoms with Crippen LogP contribution in [0.3, 0.4) is 0 Å². The van der Waals surface area contributed by atoms with Gasteiger partial charge in [0.25, 0.3) is 0 Å². The van der Waals surface area contributed by atoms with Gasteiger partial charge < -0.3 is 4.90 Å². The standard InChI is InChI=1S/C40H33N/c1-3-13-33(14-4-1)39(34-15-5-2-6-16-34)28-30-22-25-36(26-23-30)41(37-27-24-31-12-7-8-18-35(31)29-37)40-21-11-19-32-17-9-10-20-38(32)40/h1-6,9-11,13-17,19-29H,7-8,12,18H2. The maximum Gasteiger partial charge on any atom is 0.0540 e. The Morgan fingerprint density at radius 1 is 0.512 bits per heavy atom. The Morgan fingerprint density at radius 2 is 1.12 bits per heavy atom. The molecule has 0 atom stereocenters. The molecule has 0 N–H and O–H groups in total. The van der Waals surface area contributed by atoms with Gasteiger partial charge in [-0.1, -0.05) is 115 Å². The highest BCUT2D eigenvalue weighted by Gasteiger charge is 2.18. The van der Waals surface area contributed by atoms with E-state index >= 15 is 0 Å². The summed E-state index contributed by atoms with van der Waals surface area (Å²) in [6.07, 6.45) is 7.23. The van der Waals surface area contributed by atoms with E-state index in [9.17, 15) is 0 Å². The lowest BCUT2D eigenvalue weighted by molar-refractivity contribution is 0.685. The fourth-order valence-corrected chi connectivity index (χ4v) is 6.14. The number of anilines is 3. The monoisotopic (exact) mass is 527 g/mol. The molecule has 0 aromatic heterocycles. The smallest absolute Gasteiger partial charge is 0.0540 e. The van der Waals surface area contributed by atoms with E-state index in [1.54, 1.807) is 0 Å². The zero-order valence-corrected chi connectivity index (χ0v) is 23.2. The van der Waals surface area contributed by atoms with Gasteiger partial charge in [-0.25, -0.2) is 0 Å². The van der Waals surface area contributed by atoms with Crippen molar-refractivity contribution in [2.45, 2.75) is 25.7 Å². The van der Waals surface area contributed by atoms with Crippen molar-refractivity contribution >= 4 is 39.5 Å². The first-order valence-corrected chi connectivity index (χ1v) is 14.7. The Labute approximate surface area is 243 Å². The highest BCUT2D eigenvalue weighted by atomic mass is 15.1. The predicted octanol–water partition coefficient (Wildman–Crippen LogP) is 10.8. The number of fused-ring (bicyclic) bond motifs is 2. The van der Waals surface area contributed by atoms with Gasteiger partial charge in [0.1, 0.15) is 0 Å². The number of benzene rings is 6. The normalized spacial score (nSPS) is 12.5. The minimum absolute atomic E-state index is 1.16. The second-order valence-electron chi connectivity index (χ2n) is 10.9. The Hall–Kier alpha value is -4.88. The summed E-state index contributed by atoms with van der Waals surface area (Å²) in [5.41, 5.74) is 11.4. The van der Waals surface area contributed by atoms with Crippen molar-refractivity contribution in [1.29, 1.82) is 0 Å². The van der Waals surface area contributed by atoms with Crippen LogP contribution in [0.4, 0.5) is 17.1 Å². The highest BCUT2D eigenvalue weighted by Crippen LogP contribution is 2.40. The molecule has 0 spiro atoms. The molecule has 41 heavy (non-hydrogen) atoms. The molecule has 6 aromatic carbocycles. The number of nitrogens with zero attached hydrogens (tertiary/aromatic N) is 1. The van der Waals surface area contributed by atoms with E-state index in [0.717, 1.165) is 12.1 Å². The van der Waals surface area contributed by atoms with Crippen molar-refractivity contribution in [2.24, 2.45) is 0 Å². The van der Waals surface area contributed by atoms with Gasteiger partial charge in [-0.2, -0.15) is 0 Å². The van der Waals surface area contributed by atoms with E-state index in [2.05, 4.69) is 157 Å². The number of hydrogen-bond acceptors (Lipinski definition) is 1. The van der Waals surface area contributed by atoms with Crippen molar-refractivity contribution in [1.82, 2.24) is 0 Å². The Kier molecular flexibility index (Phi) is 6.93. The minimum Gasteiger partial charge on any atom is -0.310 e. The summed E-state index contributed by atoms with van der Waals surface area (Å²) in [6, 6.07) is 52.7. The van der Waals surface area contributed by atoms with E-state index in [0.29, 0.717) is 0 Å². The second kappa shape index (κ2) is 11.3. The first-order valence-electron chi connectivity index (χ1n) is 14.7. The third-order valence-electron chi connectivity index (χ3n) is 8.23. The molecule has 1 aliphatic rings. The van der Waals surface area contributed by atoms with Crippen LogP contribution < -0.4 is 4.90 Å². The van der Waals surface area contributed by atoms with Crippen LogP contribution in [-0.4, -0.2) is 0 Å². The lowest BCUT2D eigenvalue weighted by Gasteiger charge is -2.28. The van der Waals surface area contributed by atoms with Crippen molar-refractivity contribution in [3.05, 3.63) is 173 Å². The van der Waals surface area contributed by atoms with Gasteiger partial charge in [-0.3, -0.25) is 0 Å². The second-order valence-corrected chi connectivity index (χ2v) is 10.9. The van der Waals surface area contributed by atoms with Crippen LogP contribution in [0.5, 0.6) is 0 Å². The average molecular weight is 528 g/mol. The minimum atomic E-state index is 1.16. The molecular weight excluding hydrogens is 494 g/mol. The molecule has 1 heteroatoms. The first kappa shape index (κ1) is 25.1. The number of hydrogen-bond donors (Lipinski definition) is 0. The lowest BCUT2D eigenvalue weighted by atomic mass is 9.91. The van der Waals surface area contributed by atoms with Gasteiger partial charge in [0.15, 0.2) is 0 Å². The molecule has 7 rings (SSSR count). The molecule has 0 radical (unpaired) electrons. The molecule has 0 unspecified atom stereocenters. The van der Waals surface area contributed by atoms with Gasteiger partial charge in [-0.05, 0) is 101 Å². The zero-order chi connectivity index (χ0) is 27.4. The number of rotatable bonds is 6. The number of aryl methyl sites for hydroxylation is 2. The summed E-state index contributed by atoms with van der Waals surface area (Å²) >= 11 is 0. The third-order valence-corrected chi connectivity index (χ3v) is 8.23. The van der Waals surface area contributed by atoms with E-state index in [1.807, 2.05) is 0 Å².